The van der Waals surface area contributed by atoms with E-state index in [4.69, 9.17) is 4.74 Å². The number of ether oxygens (including phenoxy) is 2. The lowest BCUT2D eigenvalue weighted by molar-refractivity contribution is -0.142. The number of esters is 1. The van der Waals surface area contributed by atoms with Crippen LogP contribution in [0.1, 0.15) is 13.3 Å². The summed E-state index contributed by atoms with van der Waals surface area (Å²) in [5.41, 5.74) is 0. The van der Waals surface area contributed by atoms with Gasteiger partial charge in [-0.25, -0.2) is 8.42 Å². The zero-order valence-corrected chi connectivity index (χ0v) is 11.9. The van der Waals surface area contributed by atoms with E-state index in [2.05, 4.69) is 9.46 Å². The first-order valence-corrected chi connectivity index (χ1v) is 7.17. The zero-order chi connectivity index (χ0) is 14.5. The second kappa shape index (κ2) is 6.53. The van der Waals surface area contributed by atoms with Crippen LogP contribution in [0, 0.1) is 0 Å². The Morgan fingerprint density at radius 1 is 1.26 bits per heavy atom. The highest BCUT2D eigenvalue weighted by Gasteiger charge is 2.24. The third kappa shape index (κ3) is 3.93. The molecule has 0 radical (unpaired) electrons. The molecule has 1 aromatic rings. The van der Waals surface area contributed by atoms with Crippen molar-refractivity contribution in [3.05, 3.63) is 24.3 Å². The van der Waals surface area contributed by atoms with E-state index in [9.17, 15) is 13.2 Å². The maximum absolute atomic E-state index is 12.1. The quantitative estimate of drug-likeness (QED) is 0.787. The average molecular weight is 287 g/mol. The van der Waals surface area contributed by atoms with Crippen LogP contribution in [-0.4, -0.2) is 34.6 Å². The van der Waals surface area contributed by atoms with Gasteiger partial charge in [0.2, 0.25) is 10.0 Å². The van der Waals surface area contributed by atoms with Gasteiger partial charge in [0.1, 0.15) is 11.8 Å². The minimum atomic E-state index is -3.76. The number of hydrogen-bond donors (Lipinski definition) is 1. The van der Waals surface area contributed by atoms with Crippen LogP contribution in [0.3, 0.4) is 0 Å². The Bertz CT molecular complexity index is 524. The van der Waals surface area contributed by atoms with E-state index in [0.29, 0.717) is 12.2 Å². The number of nitrogens with one attached hydrogen (secondary N) is 1. The molecule has 0 aliphatic rings. The Morgan fingerprint density at radius 2 is 1.84 bits per heavy atom. The lowest BCUT2D eigenvalue weighted by Gasteiger charge is -2.14. The summed E-state index contributed by atoms with van der Waals surface area (Å²) in [5.74, 6) is -0.0569. The van der Waals surface area contributed by atoms with Crippen molar-refractivity contribution in [1.29, 1.82) is 0 Å². The summed E-state index contributed by atoms with van der Waals surface area (Å²) in [5, 5.41) is 0. The third-order valence-corrected chi connectivity index (χ3v) is 4.05. The fourth-order valence-corrected chi connectivity index (χ4v) is 2.72. The summed E-state index contributed by atoms with van der Waals surface area (Å²) < 4.78 is 35.9. The molecular formula is C12H17NO5S. The van der Waals surface area contributed by atoms with Crippen molar-refractivity contribution in [3.63, 3.8) is 0 Å². The lowest BCUT2D eigenvalue weighted by Crippen LogP contribution is -2.40. The first kappa shape index (κ1) is 15.5. The van der Waals surface area contributed by atoms with Crippen LogP contribution < -0.4 is 9.46 Å². The van der Waals surface area contributed by atoms with Crippen LogP contribution in [0.5, 0.6) is 5.75 Å². The number of sulfonamides is 1. The second-order valence-electron chi connectivity index (χ2n) is 3.78. The van der Waals surface area contributed by atoms with E-state index in [-0.39, 0.29) is 4.90 Å². The maximum Gasteiger partial charge on any atom is 0.323 e. The first-order valence-electron chi connectivity index (χ1n) is 5.68. The molecule has 0 bridgehead atoms. The van der Waals surface area contributed by atoms with Gasteiger partial charge in [-0.15, -0.1) is 0 Å². The molecule has 0 unspecified atom stereocenters. The van der Waals surface area contributed by atoms with E-state index in [1.165, 1.54) is 38.5 Å². The largest absolute Gasteiger partial charge is 0.497 e. The van der Waals surface area contributed by atoms with Crippen LogP contribution in [0.4, 0.5) is 0 Å². The van der Waals surface area contributed by atoms with E-state index in [0.717, 1.165) is 0 Å². The molecule has 0 saturated carbocycles. The predicted molar refractivity (Wildman–Crippen MR) is 69.4 cm³/mol. The fraction of sp³-hybridized carbons (Fsp3) is 0.417. The molecule has 1 rings (SSSR count). The van der Waals surface area contributed by atoms with Crippen molar-refractivity contribution in [2.75, 3.05) is 14.2 Å². The standard InChI is InChI=1S/C12H17NO5S/c1-4-11(12(14)18-3)13-19(15,16)10-7-5-9(17-2)6-8-10/h5-8,11,13H,4H2,1-3H3/t11-/m1/s1. The van der Waals surface area contributed by atoms with E-state index in [1.807, 2.05) is 0 Å². The normalized spacial score (nSPS) is 12.8. The summed E-state index contributed by atoms with van der Waals surface area (Å²) in [6, 6.07) is 4.99. The highest BCUT2D eigenvalue weighted by atomic mass is 32.2. The molecule has 0 heterocycles. The molecule has 0 spiro atoms. The van der Waals surface area contributed by atoms with Gasteiger partial charge >= 0.3 is 5.97 Å². The van der Waals surface area contributed by atoms with E-state index in [1.54, 1.807) is 6.92 Å². The number of benzene rings is 1. The van der Waals surface area contributed by atoms with Gasteiger partial charge in [-0.2, -0.15) is 4.72 Å². The van der Waals surface area contributed by atoms with Crippen molar-refractivity contribution in [1.82, 2.24) is 4.72 Å². The maximum atomic E-state index is 12.1. The minimum Gasteiger partial charge on any atom is -0.497 e. The summed E-state index contributed by atoms with van der Waals surface area (Å²) in [4.78, 5) is 11.4. The van der Waals surface area contributed by atoms with E-state index >= 15 is 0 Å². The zero-order valence-electron chi connectivity index (χ0n) is 11.0. The molecule has 0 saturated heterocycles. The number of rotatable bonds is 6. The number of hydrogen-bond acceptors (Lipinski definition) is 5. The molecule has 0 aromatic heterocycles. The van der Waals surface area contributed by atoms with Crippen LogP contribution in [0.25, 0.3) is 0 Å². The van der Waals surface area contributed by atoms with Gasteiger partial charge in [0.15, 0.2) is 0 Å². The monoisotopic (exact) mass is 287 g/mol. The molecule has 106 valence electrons. The average Bonchev–Trinajstić information content (AvgIpc) is 2.44. The highest BCUT2D eigenvalue weighted by Crippen LogP contribution is 2.16. The number of methoxy groups -OCH3 is 2. The van der Waals surface area contributed by atoms with Crippen molar-refractivity contribution in [2.24, 2.45) is 0 Å². The van der Waals surface area contributed by atoms with Crippen LogP contribution >= 0.6 is 0 Å². The van der Waals surface area contributed by atoms with Gasteiger partial charge in [0, 0.05) is 0 Å². The Kier molecular flexibility index (Phi) is 5.31. The van der Waals surface area contributed by atoms with Gasteiger partial charge in [-0.3, -0.25) is 4.79 Å². The van der Waals surface area contributed by atoms with Crippen molar-refractivity contribution < 1.29 is 22.7 Å². The molecule has 1 atom stereocenters. The van der Waals surface area contributed by atoms with Crippen LogP contribution in [-0.2, 0) is 19.6 Å². The fourth-order valence-electron chi connectivity index (χ4n) is 1.45. The highest BCUT2D eigenvalue weighted by molar-refractivity contribution is 7.89. The molecular weight excluding hydrogens is 270 g/mol. The Balaban J connectivity index is 2.93. The Labute approximate surface area is 112 Å². The minimum absolute atomic E-state index is 0.0654. The van der Waals surface area contributed by atoms with Crippen LogP contribution in [0.2, 0.25) is 0 Å². The van der Waals surface area contributed by atoms with Crippen molar-refractivity contribution >= 4 is 16.0 Å². The predicted octanol–water partition coefficient (Wildman–Crippen LogP) is 0.925. The van der Waals surface area contributed by atoms with Crippen molar-refractivity contribution in [2.45, 2.75) is 24.3 Å². The van der Waals surface area contributed by atoms with Crippen molar-refractivity contribution in [3.8, 4) is 5.75 Å². The van der Waals surface area contributed by atoms with Gasteiger partial charge in [-0.05, 0) is 30.7 Å². The van der Waals surface area contributed by atoms with Gasteiger partial charge in [-0.1, -0.05) is 6.92 Å². The van der Waals surface area contributed by atoms with Gasteiger partial charge in [0.25, 0.3) is 0 Å². The molecule has 19 heavy (non-hydrogen) atoms. The number of carbonyl (C=O) groups is 1. The number of carbonyl (C=O) groups excluding carboxylic acids is 1. The molecule has 7 heteroatoms. The molecule has 1 N–H and O–H groups in total. The van der Waals surface area contributed by atoms with Gasteiger partial charge < -0.3 is 9.47 Å². The molecule has 0 amide bonds. The smallest absolute Gasteiger partial charge is 0.323 e. The summed E-state index contributed by atoms with van der Waals surface area (Å²) in [7, 11) is -1.05. The first-order chi connectivity index (χ1) is 8.94. The SMILES string of the molecule is CC[C@@H](NS(=O)(=O)c1ccc(OC)cc1)C(=O)OC. The van der Waals surface area contributed by atoms with Crippen LogP contribution in [0.15, 0.2) is 29.2 Å². The molecule has 0 aliphatic heterocycles. The van der Waals surface area contributed by atoms with Gasteiger partial charge in [0.05, 0.1) is 19.1 Å². The topological polar surface area (TPSA) is 81.7 Å². The Hall–Kier alpha value is -1.60. The molecule has 0 fully saturated rings. The Morgan fingerprint density at radius 3 is 2.26 bits per heavy atom. The second-order valence-corrected chi connectivity index (χ2v) is 5.49. The third-order valence-electron chi connectivity index (χ3n) is 2.56. The van der Waals surface area contributed by atoms with E-state index < -0.39 is 22.0 Å². The molecule has 0 aliphatic carbocycles. The summed E-state index contributed by atoms with van der Waals surface area (Å²) >= 11 is 0. The molecule has 6 nitrogen and oxygen atoms in total. The summed E-state index contributed by atoms with van der Waals surface area (Å²) in [6.07, 6.45) is 0.308. The lowest BCUT2D eigenvalue weighted by atomic mass is 10.2. The molecule has 1 aromatic carbocycles. The summed E-state index contributed by atoms with van der Waals surface area (Å²) in [6.45, 7) is 1.69.